The summed E-state index contributed by atoms with van der Waals surface area (Å²) in [5.41, 5.74) is 12.6. The quantitative estimate of drug-likeness (QED) is 0.539. The third-order valence-corrected chi connectivity index (χ3v) is 7.12. The van der Waals surface area contributed by atoms with Crippen molar-refractivity contribution in [1.29, 1.82) is 0 Å². The van der Waals surface area contributed by atoms with Gasteiger partial charge >= 0.3 is 0 Å². The van der Waals surface area contributed by atoms with E-state index in [0.29, 0.717) is 0 Å². The van der Waals surface area contributed by atoms with Crippen molar-refractivity contribution in [2.75, 3.05) is 0 Å². The first-order chi connectivity index (χ1) is 9.77. The van der Waals surface area contributed by atoms with E-state index in [1.165, 1.54) is 23.1 Å². The van der Waals surface area contributed by atoms with Crippen LogP contribution in [-0.2, 0) is 0 Å². The lowest BCUT2D eigenvalue weighted by Crippen LogP contribution is -2.22. The minimum atomic E-state index is 0.747. The maximum atomic E-state index is 2.48. The zero-order chi connectivity index (χ0) is 15.6. The monoisotopic (exact) mass is 282 g/mol. The van der Waals surface area contributed by atoms with E-state index in [4.69, 9.17) is 0 Å². The zero-order valence-electron chi connectivity index (χ0n) is 15.0. The summed E-state index contributed by atoms with van der Waals surface area (Å²) in [4.78, 5) is 0. The molecule has 0 saturated heterocycles. The van der Waals surface area contributed by atoms with E-state index in [0.717, 1.165) is 23.7 Å². The Bertz CT molecular complexity index is 645. The summed E-state index contributed by atoms with van der Waals surface area (Å²) in [6, 6.07) is 0. The van der Waals surface area contributed by atoms with Gasteiger partial charge in [-0.05, 0) is 111 Å². The van der Waals surface area contributed by atoms with Crippen LogP contribution in [0.15, 0.2) is 5.57 Å². The molecule has 1 fully saturated rings. The average molecular weight is 282 g/mol. The number of rotatable bonds is 0. The molecule has 0 radical (unpaired) electrons. The second-order valence-electron chi connectivity index (χ2n) is 7.80. The fourth-order valence-corrected chi connectivity index (χ4v) is 5.11. The molecule has 0 nitrogen and oxygen atoms in total. The maximum absolute atomic E-state index is 2.48. The summed E-state index contributed by atoms with van der Waals surface area (Å²) >= 11 is 0. The Morgan fingerprint density at radius 1 is 0.762 bits per heavy atom. The van der Waals surface area contributed by atoms with Gasteiger partial charge in [0.1, 0.15) is 0 Å². The SMILES string of the molecule is CC1=C(C)C2CC(C)C(C)C2c2c(C)c(C)c(C)c(C)c21. The standard InChI is InChI=1S/C21H30/c1-10-9-18-14(5)17(8)19-15(6)12(3)13(4)16(7)21(19)20(18)11(10)2/h10-11,18,20H,9H2,1-8H3. The third kappa shape index (κ3) is 1.81. The van der Waals surface area contributed by atoms with E-state index in [-0.39, 0.29) is 0 Å². The van der Waals surface area contributed by atoms with Gasteiger partial charge in [0.15, 0.2) is 0 Å². The van der Waals surface area contributed by atoms with Crippen molar-refractivity contribution >= 4 is 5.57 Å². The van der Waals surface area contributed by atoms with Crippen LogP contribution in [0.4, 0.5) is 0 Å². The molecule has 1 saturated carbocycles. The third-order valence-electron chi connectivity index (χ3n) is 7.12. The molecule has 0 aromatic heterocycles. The van der Waals surface area contributed by atoms with Crippen LogP contribution in [-0.4, -0.2) is 0 Å². The van der Waals surface area contributed by atoms with Gasteiger partial charge in [0.05, 0.1) is 0 Å². The first-order valence-electron chi connectivity index (χ1n) is 8.55. The second kappa shape index (κ2) is 4.73. The van der Waals surface area contributed by atoms with Crippen LogP contribution in [0.2, 0.25) is 0 Å². The largest absolute Gasteiger partial charge is 0.0660 e. The highest BCUT2D eigenvalue weighted by Gasteiger charge is 2.45. The van der Waals surface area contributed by atoms with Gasteiger partial charge in [-0.1, -0.05) is 19.4 Å². The van der Waals surface area contributed by atoms with E-state index in [9.17, 15) is 0 Å². The Hall–Kier alpha value is -1.04. The number of allylic oxidation sites excluding steroid dienone is 2. The lowest BCUT2D eigenvalue weighted by Gasteiger charge is -2.37. The minimum Gasteiger partial charge on any atom is -0.0660 e. The molecule has 21 heavy (non-hydrogen) atoms. The molecule has 2 aliphatic rings. The van der Waals surface area contributed by atoms with Crippen molar-refractivity contribution in [3.63, 3.8) is 0 Å². The van der Waals surface area contributed by atoms with E-state index in [2.05, 4.69) is 55.4 Å². The number of hydrogen-bond acceptors (Lipinski definition) is 0. The molecule has 0 spiro atoms. The molecule has 1 aromatic rings. The lowest BCUT2D eigenvalue weighted by atomic mass is 9.68. The predicted octanol–water partition coefficient (Wildman–Crippen LogP) is 6.10. The van der Waals surface area contributed by atoms with E-state index in [1.54, 1.807) is 27.8 Å². The van der Waals surface area contributed by atoms with Crippen LogP contribution in [0.5, 0.6) is 0 Å². The molecule has 0 N–H and O–H groups in total. The zero-order valence-corrected chi connectivity index (χ0v) is 15.0. The van der Waals surface area contributed by atoms with Gasteiger partial charge in [-0.2, -0.15) is 0 Å². The molecule has 2 aliphatic carbocycles. The van der Waals surface area contributed by atoms with Crippen LogP contribution in [0.25, 0.3) is 5.57 Å². The summed E-state index contributed by atoms with van der Waals surface area (Å²) < 4.78 is 0. The first kappa shape index (κ1) is 14.9. The minimum absolute atomic E-state index is 0.747. The molecule has 4 unspecified atom stereocenters. The Balaban J connectivity index is 2.38. The van der Waals surface area contributed by atoms with Gasteiger partial charge in [-0.25, -0.2) is 0 Å². The highest BCUT2D eigenvalue weighted by atomic mass is 14.5. The van der Waals surface area contributed by atoms with E-state index >= 15 is 0 Å². The summed E-state index contributed by atoms with van der Waals surface area (Å²) in [5, 5.41) is 0. The van der Waals surface area contributed by atoms with Crippen molar-refractivity contribution in [2.24, 2.45) is 17.8 Å². The van der Waals surface area contributed by atoms with Crippen molar-refractivity contribution in [1.82, 2.24) is 0 Å². The molecule has 0 heterocycles. The Labute approximate surface area is 130 Å². The highest BCUT2D eigenvalue weighted by Crippen LogP contribution is 2.57. The van der Waals surface area contributed by atoms with Gasteiger partial charge < -0.3 is 0 Å². The van der Waals surface area contributed by atoms with Gasteiger partial charge in [-0.3, -0.25) is 0 Å². The molecular weight excluding hydrogens is 252 g/mol. The van der Waals surface area contributed by atoms with Gasteiger partial charge in [-0.15, -0.1) is 0 Å². The van der Waals surface area contributed by atoms with Crippen LogP contribution in [0.1, 0.15) is 73.4 Å². The smallest absolute Gasteiger partial charge is 0.00590 e. The topological polar surface area (TPSA) is 0 Å². The fraction of sp³-hybridized carbons (Fsp3) is 0.619. The van der Waals surface area contributed by atoms with Crippen LogP contribution >= 0.6 is 0 Å². The van der Waals surface area contributed by atoms with Crippen molar-refractivity contribution in [3.8, 4) is 0 Å². The molecule has 3 rings (SSSR count). The van der Waals surface area contributed by atoms with Crippen LogP contribution in [0, 0.1) is 45.4 Å². The molecule has 114 valence electrons. The number of fused-ring (bicyclic) bond motifs is 3. The Morgan fingerprint density at radius 2 is 1.33 bits per heavy atom. The lowest BCUT2D eigenvalue weighted by molar-refractivity contribution is 0.413. The highest BCUT2D eigenvalue weighted by molar-refractivity contribution is 5.78. The molecule has 1 aromatic carbocycles. The average Bonchev–Trinajstić information content (AvgIpc) is 2.74. The number of benzene rings is 1. The molecule has 0 amide bonds. The number of hydrogen-bond donors (Lipinski definition) is 0. The van der Waals surface area contributed by atoms with Gasteiger partial charge in [0.2, 0.25) is 0 Å². The Morgan fingerprint density at radius 3 is 1.95 bits per heavy atom. The summed E-state index contributed by atoms with van der Waals surface area (Å²) in [6.07, 6.45) is 1.37. The predicted molar refractivity (Wildman–Crippen MR) is 92.8 cm³/mol. The van der Waals surface area contributed by atoms with Crippen molar-refractivity contribution < 1.29 is 0 Å². The maximum Gasteiger partial charge on any atom is -0.00590 e. The van der Waals surface area contributed by atoms with E-state index < -0.39 is 0 Å². The molecule has 0 heteroatoms. The van der Waals surface area contributed by atoms with Crippen molar-refractivity contribution in [2.45, 2.75) is 67.7 Å². The second-order valence-corrected chi connectivity index (χ2v) is 7.80. The molecule has 4 atom stereocenters. The normalized spacial score (nSPS) is 31.4. The van der Waals surface area contributed by atoms with Gasteiger partial charge in [0, 0.05) is 0 Å². The fourth-order valence-electron chi connectivity index (χ4n) is 5.11. The van der Waals surface area contributed by atoms with E-state index in [1.807, 2.05) is 0 Å². The van der Waals surface area contributed by atoms with Crippen molar-refractivity contribution in [3.05, 3.63) is 39.0 Å². The first-order valence-corrected chi connectivity index (χ1v) is 8.55. The summed E-state index contributed by atoms with van der Waals surface area (Å²) in [5.74, 6) is 3.17. The summed E-state index contributed by atoms with van der Waals surface area (Å²) in [7, 11) is 0. The molecule has 0 aliphatic heterocycles. The molecular formula is C21H30. The van der Waals surface area contributed by atoms with Crippen LogP contribution in [0.3, 0.4) is 0 Å². The van der Waals surface area contributed by atoms with Crippen LogP contribution < -0.4 is 0 Å². The van der Waals surface area contributed by atoms with Gasteiger partial charge in [0.25, 0.3) is 0 Å². The summed E-state index contributed by atoms with van der Waals surface area (Å²) in [6.45, 7) is 19.0. The Kier molecular flexibility index (Phi) is 3.35. The molecule has 0 bridgehead atoms.